The molecule has 0 spiro atoms. The van der Waals surface area contributed by atoms with Gasteiger partial charge in [0.1, 0.15) is 5.82 Å². The lowest BCUT2D eigenvalue weighted by atomic mass is 10.2. The van der Waals surface area contributed by atoms with Crippen molar-refractivity contribution in [3.8, 4) is 0 Å². The van der Waals surface area contributed by atoms with Gasteiger partial charge in [-0.3, -0.25) is 4.90 Å². The van der Waals surface area contributed by atoms with E-state index in [0.29, 0.717) is 18.8 Å². The average molecular weight is 253 g/mol. The maximum absolute atomic E-state index is 12.8. The molecule has 5 nitrogen and oxygen atoms in total. The van der Waals surface area contributed by atoms with Gasteiger partial charge in [-0.1, -0.05) is 0 Å². The standard InChI is InChI=1S/C12H16FN3O2/c13-9-1-3-10(4-2-9)15-11(12(17)18)16-7-5-14-6-8-16/h1-4,11,14-15H,5-8H2,(H,17,18). The number of nitrogens with one attached hydrogen (secondary N) is 2. The number of anilines is 1. The summed E-state index contributed by atoms with van der Waals surface area (Å²) in [6, 6.07) is 5.68. The minimum Gasteiger partial charge on any atom is -0.479 e. The second-order valence-corrected chi connectivity index (χ2v) is 4.18. The molecule has 0 aromatic heterocycles. The van der Waals surface area contributed by atoms with Gasteiger partial charge in [0.15, 0.2) is 6.17 Å². The van der Waals surface area contributed by atoms with Crippen molar-refractivity contribution in [2.45, 2.75) is 6.17 Å². The number of carboxylic acid groups (broad SMARTS) is 1. The van der Waals surface area contributed by atoms with Crippen molar-refractivity contribution < 1.29 is 14.3 Å². The minimum atomic E-state index is -0.929. The van der Waals surface area contributed by atoms with E-state index in [-0.39, 0.29) is 5.82 Å². The molecule has 1 saturated heterocycles. The molecular weight excluding hydrogens is 237 g/mol. The normalized spacial score (nSPS) is 18.3. The zero-order chi connectivity index (χ0) is 13.0. The first-order valence-electron chi connectivity index (χ1n) is 5.86. The number of carbonyl (C=O) groups is 1. The SMILES string of the molecule is O=C(O)C(Nc1ccc(F)cc1)N1CCNCC1. The molecule has 1 aromatic rings. The van der Waals surface area contributed by atoms with Crippen molar-refractivity contribution >= 4 is 11.7 Å². The second kappa shape index (κ2) is 5.79. The van der Waals surface area contributed by atoms with Crippen LogP contribution in [0.15, 0.2) is 24.3 Å². The number of benzene rings is 1. The number of halogens is 1. The first-order valence-corrected chi connectivity index (χ1v) is 5.86. The van der Waals surface area contributed by atoms with Crippen LogP contribution in [-0.4, -0.2) is 48.3 Å². The van der Waals surface area contributed by atoms with Crippen LogP contribution in [-0.2, 0) is 4.79 Å². The van der Waals surface area contributed by atoms with Gasteiger partial charge in [0.05, 0.1) is 0 Å². The molecule has 1 fully saturated rings. The third-order valence-corrected chi connectivity index (χ3v) is 2.90. The number of carboxylic acids is 1. The summed E-state index contributed by atoms with van der Waals surface area (Å²) in [5.74, 6) is -1.27. The summed E-state index contributed by atoms with van der Waals surface area (Å²) in [6.45, 7) is 2.89. The van der Waals surface area contributed by atoms with Crippen LogP contribution in [0.4, 0.5) is 10.1 Å². The van der Waals surface area contributed by atoms with E-state index in [4.69, 9.17) is 0 Å². The molecule has 1 aliphatic heterocycles. The Hall–Kier alpha value is -1.66. The molecule has 0 aliphatic carbocycles. The quantitative estimate of drug-likeness (QED) is 0.731. The van der Waals surface area contributed by atoms with Crippen LogP contribution in [0.5, 0.6) is 0 Å². The van der Waals surface area contributed by atoms with E-state index in [1.165, 1.54) is 24.3 Å². The lowest BCUT2D eigenvalue weighted by Crippen LogP contribution is -2.54. The van der Waals surface area contributed by atoms with Gasteiger partial charge in [0, 0.05) is 31.9 Å². The fourth-order valence-electron chi connectivity index (χ4n) is 1.95. The molecule has 1 heterocycles. The highest BCUT2D eigenvalue weighted by atomic mass is 19.1. The maximum Gasteiger partial charge on any atom is 0.341 e. The molecular formula is C12H16FN3O2. The van der Waals surface area contributed by atoms with Gasteiger partial charge in [0.25, 0.3) is 0 Å². The zero-order valence-corrected chi connectivity index (χ0v) is 9.90. The van der Waals surface area contributed by atoms with Crippen molar-refractivity contribution in [3.05, 3.63) is 30.1 Å². The molecule has 6 heteroatoms. The first kappa shape index (κ1) is 12.8. The van der Waals surface area contributed by atoms with Crippen molar-refractivity contribution in [3.63, 3.8) is 0 Å². The smallest absolute Gasteiger partial charge is 0.341 e. The number of aliphatic carboxylic acids is 1. The van der Waals surface area contributed by atoms with Crippen LogP contribution >= 0.6 is 0 Å². The Morgan fingerprint density at radius 2 is 1.94 bits per heavy atom. The molecule has 1 unspecified atom stereocenters. The lowest BCUT2D eigenvalue weighted by molar-refractivity contribution is -0.142. The summed E-state index contributed by atoms with van der Waals surface area (Å²) in [7, 11) is 0. The van der Waals surface area contributed by atoms with E-state index in [2.05, 4.69) is 10.6 Å². The number of piperazine rings is 1. The molecule has 18 heavy (non-hydrogen) atoms. The Bertz CT molecular complexity index is 404. The van der Waals surface area contributed by atoms with Gasteiger partial charge in [-0.15, -0.1) is 0 Å². The molecule has 1 atom stereocenters. The van der Waals surface area contributed by atoms with E-state index in [0.717, 1.165) is 13.1 Å². The van der Waals surface area contributed by atoms with Crippen LogP contribution in [0.1, 0.15) is 0 Å². The van der Waals surface area contributed by atoms with Gasteiger partial charge >= 0.3 is 5.97 Å². The molecule has 0 bridgehead atoms. The van der Waals surface area contributed by atoms with Gasteiger partial charge in [-0.2, -0.15) is 0 Å². The fourth-order valence-corrected chi connectivity index (χ4v) is 1.95. The summed E-state index contributed by atoms with van der Waals surface area (Å²) >= 11 is 0. The Labute approximate surface area is 105 Å². The predicted molar refractivity (Wildman–Crippen MR) is 65.9 cm³/mol. The van der Waals surface area contributed by atoms with Crippen molar-refractivity contribution in [1.29, 1.82) is 0 Å². The summed E-state index contributed by atoms with van der Waals surface area (Å²) in [6.07, 6.45) is -0.780. The van der Waals surface area contributed by atoms with Crippen molar-refractivity contribution in [2.75, 3.05) is 31.5 Å². The summed E-state index contributed by atoms with van der Waals surface area (Å²) in [4.78, 5) is 13.1. The maximum atomic E-state index is 12.8. The van der Waals surface area contributed by atoms with E-state index in [1.54, 1.807) is 0 Å². The second-order valence-electron chi connectivity index (χ2n) is 4.18. The molecule has 0 saturated carbocycles. The molecule has 1 aromatic carbocycles. The highest BCUT2D eigenvalue weighted by Crippen LogP contribution is 2.12. The number of rotatable bonds is 4. The molecule has 3 N–H and O–H groups in total. The van der Waals surface area contributed by atoms with E-state index >= 15 is 0 Å². The van der Waals surface area contributed by atoms with Crippen LogP contribution in [0.25, 0.3) is 0 Å². The Morgan fingerprint density at radius 3 is 2.50 bits per heavy atom. The van der Waals surface area contributed by atoms with E-state index < -0.39 is 12.1 Å². The van der Waals surface area contributed by atoms with E-state index in [1.807, 2.05) is 4.90 Å². The summed E-state index contributed by atoms with van der Waals surface area (Å²) < 4.78 is 12.8. The Kier molecular flexibility index (Phi) is 4.11. The monoisotopic (exact) mass is 253 g/mol. The summed E-state index contributed by atoms with van der Waals surface area (Å²) in [5, 5.41) is 15.3. The van der Waals surface area contributed by atoms with Crippen LogP contribution < -0.4 is 10.6 Å². The third kappa shape index (κ3) is 3.18. The third-order valence-electron chi connectivity index (χ3n) is 2.90. The number of hydrogen-bond donors (Lipinski definition) is 3. The Morgan fingerprint density at radius 1 is 1.33 bits per heavy atom. The first-order chi connectivity index (χ1) is 8.66. The largest absolute Gasteiger partial charge is 0.479 e. The van der Waals surface area contributed by atoms with Crippen LogP contribution in [0, 0.1) is 5.82 Å². The highest BCUT2D eigenvalue weighted by Gasteiger charge is 2.26. The molecule has 1 aliphatic rings. The highest BCUT2D eigenvalue weighted by molar-refractivity contribution is 5.76. The average Bonchev–Trinajstić information content (AvgIpc) is 2.38. The summed E-state index contributed by atoms with van der Waals surface area (Å²) in [5.41, 5.74) is 0.599. The molecule has 98 valence electrons. The fraction of sp³-hybridized carbons (Fsp3) is 0.417. The van der Waals surface area contributed by atoms with Gasteiger partial charge in [0.2, 0.25) is 0 Å². The van der Waals surface area contributed by atoms with Gasteiger partial charge in [-0.25, -0.2) is 9.18 Å². The van der Waals surface area contributed by atoms with Crippen molar-refractivity contribution in [2.24, 2.45) is 0 Å². The molecule has 0 amide bonds. The number of hydrogen-bond acceptors (Lipinski definition) is 4. The van der Waals surface area contributed by atoms with Gasteiger partial charge < -0.3 is 15.7 Å². The van der Waals surface area contributed by atoms with Crippen LogP contribution in [0.3, 0.4) is 0 Å². The van der Waals surface area contributed by atoms with Crippen molar-refractivity contribution in [1.82, 2.24) is 10.2 Å². The zero-order valence-electron chi connectivity index (χ0n) is 9.90. The molecule has 0 radical (unpaired) electrons. The number of nitrogens with zero attached hydrogens (tertiary/aromatic N) is 1. The van der Waals surface area contributed by atoms with Crippen LogP contribution in [0.2, 0.25) is 0 Å². The van der Waals surface area contributed by atoms with Gasteiger partial charge in [-0.05, 0) is 24.3 Å². The topological polar surface area (TPSA) is 64.6 Å². The minimum absolute atomic E-state index is 0.338. The lowest BCUT2D eigenvalue weighted by Gasteiger charge is -2.33. The Balaban J connectivity index is 2.05. The van der Waals surface area contributed by atoms with E-state index in [9.17, 15) is 14.3 Å². The molecule has 2 rings (SSSR count). The predicted octanol–water partition coefficient (Wildman–Crippen LogP) is 0.553.